The van der Waals surface area contributed by atoms with E-state index in [1.807, 2.05) is 35.6 Å². The number of allylic oxidation sites excluding steroid dienone is 1. The lowest BCUT2D eigenvalue weighted by Crippen LogP contribution is -2.34. The molecule has 0 amide bonds. The van der Waals surface area contributed by atoms with Crippen LogP contribution < -0.4 is 9.47 Å². The van der Waals surface area contributed by atoms with Gasteiger partial charge in [0.15, 0.2) is 16.7 Å². The zero-order valence-electron chi connectivity index (χ0n) is 18.6. The van der Waals surface area contributed by atoms with E-state index in [0.717, 1.165) is 14.3 Å². The maximum atomic E-state index is 12.9. The van der Waals surface area contributed by atoms with E-state index in [-0.39, 0.29) is 19.2 Å². The molecule has 178 valence electrons. The monoisotopic (exact) mass is 630 g/mol. The van der Waals surface area contributed by atoms with E-state index in [2.05, 4.69) is 27.6 Å². The molecule has 34 heavy (non-hydrogen) atoms. The maximum Gasteiger partial charge on any atom is 0.338 e. The number of halogens is 3. The minimum Gasteiger partial charge on any atom is -0.493 e. The van der Waals surface area contributed by atoms with Gasteiger partial charge in [0, 0.05) is 21.8 Å². The fourth-order valence-electron chi connectivity index (χ4n) is 3.75. The predicted molar refractivity (Wildman–Crippen MR) is 145 cm³/mol. The number of thioether (sulfide) groups is 1. The van der Waals surface area contributed by atoms with Crippen LogP contribution in [0.1, 0.15) is 31.0 Å². The Labute approximate surface area is 226 Å². The Balaban J connectivity index is 1.73. The number of hydrogen-bond acceptors (Lipinski definition) is 7. The number of esters is 1. The van der Waals surface area contributed by atoms with Crippen LogP contribution in [0, 0.1) is 3.57 Å². The Hall–Kier alpha value is -1.88. The molecular weight excluding hydrogens is 610 g/mol. The minimum atomic E-state index is -0.410. The number of ether oxygens (including phenoxy) is 3. The Bertz CT molecular complexity index is 1210. The SMILES string of the molecule is CCOC(=O)C1=C(C)N=C2SC=CN2[C@H]1c1cc(I)c(OCc2c(Cl)cccc2Cl)c(OC)c1. The topological polar surface area (TPSA) is 60.4 Å². The van der Waals surface area contributed by atoms with Crippen molar-refractivity contribution >= 4 is 68.7 Å². The van der Waals surface area contributed by atoms with E-state index >= 15 is 0 Å². The van der Waals surface area contributed by atoms with Crippen LogP contribution in [0.15, 0.2) is 58.2 Å². The predicted octanol–water partition coefficient (Wildman–Crippen LogP) is 6.95. The van der Waals surface area contributed by atoms with E-state index in [1.165, 1.54) is 11.8 Å². The first kappa shape index (κ1) is 25.2. The fourth-order valence-corrected chi connectivity index (χ4v) is 5.83. The van der Waals surface area contributed by atoms with Crippen molar-refractivity contribution in [1.29, 1.82) is 0 Å². The van der Waals surface area contributed by atoms with Gasteiger partial charge >= 0.3 is 5.97 Å². The summed E-state index contributed by atoms with van der Waals surface area (Å²) < 4.78 is 18.0. The molecule has 0 spiro atoms. The van der Waals surface area contributed by atoms with E-state index in [1.54, 1.807) is 32.2 Å². The normalized spacial score (nSPS) is 16.9. The van der Waals surface area contributed by atoms with Crippen LogP contribution >= 0.6 is 57.6 Å². The largest absolute Gasteiger partial charge is 0.493 e. The smallest absolute Gasteiger partial charge is 0.338 e. The van der Waals surface area contributed by atoms with Crippen LogP contribution in [0.25, 0.3) is 0 Å². The first-order valence-electron chi connectivity index (χ1n) is 10.4. The number of carbonyl (C=O) groups excluding carboxylic acids is 1. The Morgan fingerprint density at radius 2 is 2.00 bits per heavy atom. The summed E-state index contributed by atoms with van der Waals surface area (Å²) in [5.74, 6) is 0.712. The molecule has 10 heteroatoms. The Morgan fingerprint density at radius 3 is 2.68 bits per heavy atom. The molecule has 6 nitrogen and oxygen atoms in total. The summed E-state index contributed by atoms with van der Waals surface area (Å²) in [5.41, 5.74) is 2.68. The molecule has 1 atom stereocenters. The molecule has 0 unspecified atom stereocenters. The molecule has 4 rings (SSSR count). The standard InChI is InChI=1S/C24H21Cl2IN2O4S/c1-4-32-23(30)20-13(2)28-24-29(8-9-34-24)21(20)14-10-18(27)22(19(11-14)31-3)33-12-15-16(25)6-5-7-17(15)26/h5-11,21H,4,12H2,1-3H3/t21-/m0/s1. The zero-order valence-corrected chi connectivity index (χ0v) is 23.1. The van der Waals surface area contributed by atoms with E-state index < -0.39 is 6.04 Å². The van der Waals surface area contributed by atoms with Gasteiger partial charge in [0.25, 0.3) is 0 Å². The van der Waals surface area contributed by atoms with Crippen molar-refractivity contribution in [3.05, 3.63) is 78.0 Å². The molecule has 0 radical (unpaired) electrons. The highest BCUT2D eigenvalue weighted by Gasteiger charge is 2.38. The number of nitrogens with zero attached hydrogens (tertiary/aromatic N) is 2. The van der Waals surface area contributed by atoms with Crippen LogP contribution in [0.2, 0.25) is 10.0 Å². The summed E-state index contributed by atoms with van der Waals surface area (Å²) in [5, 5.41) is 3.81. The number of fused-ring (bicyclic) bond motifs is 1. The minimum absolute atomic E-state index is 0.184. The maximum absolute atomic E-state index is 12.9. The number of methoxy groups -OCH3 is 1. The zero-order chi connectivity index (χ0) is 24.4. The van der Waals surface area contributed by atoms with E-state index in [4.69, 9.17) is 37.4 Å². The second-order valence-corrected chi connectivity index (χ2v) is 10.2. The number of rotatable bonds is 7. The molecule has 0 aromatic heterocycles. The van der Waals surface area contributed by atoms with Gasteiger partial charge in [0.1, 0.15) is 6.61 Å². The molecule has 0 bridgehead atoms. The Morgan fingerprint density at radius 1 is 1.26 bits per heavy atom. The van der Waals surface area contributed by atoms with Crippen molar-refractivity contribution in [2.45, 2.75) is 26.5 Å². The van der Waals surface area contributed by atoms with Gasteiger partial charge in [-0.05, 0) is 71.7 Å². The summed E-state index contributed by atoms with van der Waals surface area (Å²) in [6, 6.07) is 8.77. The third kappa shape index (κ3) is 4.91. The van der Waals surface area contributed by atoms with Crippen LogP contribution in [0.4, 0.5) is 0 Å². The molecule has 0 saturated carbocycles. The van der Waals surface area contributed by atoms with Gasteiger partial charge in [-0.3, -0.25) is 0 Å². The van der Waals surface area contributed by atoms with Crippen LogP contribution in [0.3, 0.4) is 0 Å². The summed E-state index contributed by atoms with van der Waals surface area (Å²) >= 11 is 16.3. The van der Waals surface area contributed by atoms with E-state index in [9.17, 15) is 4.79 Å². The number of amidine groups is 1. The van der Waals surface area contributed by atoms with Crippen LogP contribution in [-0.2, 0) is 16.1 Å². The average molecular weight is 631 g/mol. The van der Waals surface area contributed by atoms with Gasteiger partial charge in [-0.2, -0.15) is 0 Å². The summed E-state index contributed by atoms with van der Waals surface area (Å²) in [6.07, 6.45) is 1.92. The first-order valence-corrected chi connectivity index (χ1v) is 13.1. The molecule has 2 aromatic carbocycles. The molecule has 0 N–H and O–H groups in total. The molecule has 2 aromatic rings. The van der Waals surface area contributed by atoms with Crippen molar-refractivity contribution in [2.24, 2.45) is 4.99 Å². The summed E-state index contributed by atoms with van der Waals surface area (Å²) in [4.78, 5) is 19.5. The second-order valence-electron chi connectivity index (χ2n) is 7.35. The third-order valence-corrected chi connectivity index (χ3v) is 7.59. The van der Waals surface area contributed by atoms with Crippen LogP contribution in [0.5, 0.6) is 11.5 Å². The second kappa shape index (κ2) is 10.8. The average Bonchev–Trinajstić information content (AvgIpc) is 3.26. The first-order chi connectivity index (χ1) is 16.3. The quantitative estimate of drug-likeness (QED) is 0.244. The van der Waals surface area contributed by atoms with Crippen molar-refractivity contribution in [2.75, 3.05) is 13.7 Å². The molecular formula is C24H21Cl2IN2O4S. The Kier molecular flexibility index (Phi) is 8.01. The van der Waals surface area contributed by atoms with Crippen LogP contribution in [-0.4, -0.2) is 29.8 Å². The fraction of sp³-hybridized carbons (Fsp3) is 0.250. The van der Waals surface area contributed by atoms with Crippen molar-refractivity contribution in [3.8, 4) is 11.5 Å². The van der Waals surface area contributed by atoms with Gasteiger partial charge in [-0.1, -0.05) is 41.0 Å². The van der Waals surface area contributed by atoms with E-state index in [0.29, 0.717) is 38.4 Å². The van der Waals surface area contributed by atoms with Crippen molar-refractivity contribution in [3.63, 3.8) is 0 Å². The van der Waals surface area contributed by atoms with Crippen molar-refractivity contribution in [1.82, 2.24) is 4.90 Å². The lowest BCUT2D eigenvalue weighted by molar-refractivity contribution is -0.139. The third-order valence-electron chi connectivity index (χ3n) is 5.31. The highest BCUT2D eigenvalue weighted by atomic mass is 127. The molecule has 0 saturated heterocycles. The summed E-state index contributed by atoms with van der Waals surface area (Å²) in [7, 11) is 1.58. The van der Waals surface area contributed by atoms with Gasteiger partial charge < -0.3 is 19.1 Å². The van der Waals surface area contributed by atoms with Crippen molar-refractivity contribution < 1.29 is 19.0 Å². The molecule has 2 aliphatic rings. The molecule has 0 aliphatic carbocycles. The van der Waals surface area contributed by atoms with Gasteiger partial charge in [-0.25, -0.2) is 9.79 Å². The molecule has 0 fully saturated rings. The highest BCUT2D eigenvalue weighted by molar-refractivity contribution is 14.1. The lowest BCUT2D eigenvalue weighted by Gasteiger charge is -2.33. The number of carbonyl (C=O) groups is 1. The number of benzene rings is 2. The highest BCUT2D eigenvalue weighted by Crippen LogP contribution is 2.44. The van der Waals surface area contributed by atoms with Gasteiger partial charge in [0.05, 0.1) is 34.6 Å². The van der Waals surface area contributed by atoms with Gasteiger partial charge in [0.2, 0.25) is 0 Å². The molecule has 2 aliphatic heterocycles. The summed E-state index contributed by atoms with van der Waals surface area (Å²) in [6.45, 7) is 4.08. The number of hydrogen-bond donors (Lipinski definition) is 0. The van der Waals surface area contributed by atoms with Gasteiger partial charge in [-0.15, -0.1) is 0 Å². The number of aliphatic imine (C=N–C) groups is 1. The lowest BCUT2D eigenvalue weighted by atomic mass is 9.94. The molecule has 2 heterocycles.